The van der Waals surface area contributed by atoms with Gasteiger partial charge in [-0.1, -0.05) is 0 Å². The molecule has 0 saturated heterocycles. The molecule has 1 heterocycles. The summed E-state index contributed by atoms with van der Waals surface area (Å²) < 4.78 is 0. The Bertz CT molecular complexity index is 358. The quantitative estimate of drug-likeness (QED) is 0.448. The number of hydrogen-bond acceptors (Lipinski definition) is 4. The highest BCUT2D eigenvalue weighted by molar-refractivity contribution is 6.39. The lowest BCUT2D eigenvalue weighted by Crippen LogP contribution is -2.36. The first-order valence-corrected chi connectivity index (χ1v) is 5.19. The Labute approximate surface area is 97.4 Å². The molecule has 2 N–H and O–H groups in total. The van der Waals surface area contributed by atoms with Crippen LogP contribution < -0.4 is 10.6 Å². The van der Waals surface area contributed by atoms with Gasteiger partial charge in [-0.05, 0) is 12.5 Å². The number of amides is 2. The number of aromatic nitrogens is 2. The molecule has 86 valence electrons. The summed E-state index contributed by atoms with van der Waals surface area (Å²) in [6.45, 7) is 0.366. The number of rotatable bonds is 4. The summed E-state index contributed by atoms with van der Waals surface area (Å²) in [6.07, 6.45) is 3.55. The summed E-state index contributed by atoms with van der Waals surface area (Å²) in [6, 6.07) is 1.61. The fourth-order valence-corrected chi connectivity index (χ4v) is 1.00. The molecule has 6 nitrogen and oxygen atoms in total. The normalized spacial score (nSPS) is 9.56. The second kappa shape index (κ2) is 6.73. The standard InChI is InChI=1S/C9H11ClN4O2/c10-3-1-4-11-7(15)8(16)14-9-12-5-2-6-13-9/h2,5-6H,1,3-4H2,(H,11,15)(H,12,13,14,16). The SMILES string of the molecule is O=C(NCCCCl)C(=O)Nc1ncccn1. The monoisotopic (exact) mass is 242 g/mol. The van der Waals surface area contributed by atoms with E-state index in [0.717, 1.165) is 0 Å². The number of hydrogen-bond donors (Lipinski definition) is 2. The van der Waals surface area contributed by atoms with Gasteiger partial charge in [0.2, 0.25) is 5.95 Å². The zero-order valence-electron chi connectivity index (χ0n) is 8.44. The van der Waals surface area contributed by atoms with E-state index in [4.69, 9.17) is 11.6 Å². The van der Waals surface area contributed by atoms with E-state index < -0.39 is 11.8 Å². The smallest absolute Gasteiger partial charge is 0.316 e. The van der Waals surface area contributed by atoms with E-state index >= 15 is 0 Å². The highest BCUT2D eigenvalue weighted by Gasteiger charge is 2.13. The minimum Gasteiger partial charge on any atom is -0.348 e. The summed E-state index contributed by atoms with van der Waals surface area (Å²) in [4.78, 5) is 30.0. The fourth-order valence-electron chi connectivity index (χ4n) is 0.871. The molecule has 0 spiro atoms. The van der Waals surface area contributed by atoms with Crippen molar-refractivity contribution >= 4 is 29.4 Å². The minimum absolute atomic E-state index is 0.0972. The van der Waals surface area contributed by atoms with Gasteiger partial charge in [-0.3, -0.25) is 14.9 Å². The van der Waals surface area contributed by atoms with Crippen LogP contribution in [0.3, 0.4) is 0 Å². The minimum atomic E-state index is -0.791. The first-order valence-electron chi connectivity index (χ1n) is 4.66. The number of nitrogens with zero attached hydrogens (tertiary/aromatic N) is 2. The van der Waals surface area contributed by atoms with E-state index in [1.54, 1.807) is 6.07 Å². The Morgan fingerprint density at radius 2 is 1.94 bits per heavy atom. The Balaban J connectivity index is 2.38. The third-order valence-electron chi connectivity index (χ3n) is 1.59. The largest absolute Gasteiger partial charge is 0.348 e. The van der Waals surface area contributed by atoms with Crippen LogP contribution in [0.25, 0.3) is 0 Å². The van der Waals surface area contributed by atoms with Crippen LogP contribution in [0.2, 0.25) is 0 Å². The van der Waals surface area contributed by atoms with Crippen molar-refractivity contribution in [2.45, 2.75) is 6.42 Å². The highest BCUT2D eigenvalue weighted by Crippen LogP contribution is 1.93. The molecule has 7 heteroatoms. The second-order valence-corrected chi connectivity index (χ2v) is 3.20. The van der Waals surface area contributed by atoms with E-state index in [1.165, 1.54) is 12.4 Å². The van der Waals surface area contributed by atoms with Gasteiger partial charge in [0.1, 0.15) is 0 Å². The van der Waals surface area contributed by atoms with Gasteiger partial charge in [-0.2, -0.15) is 0 Å². The Hall–Kier alpha value is -1.69. The van der Waals surface area contributed by atoms with E-state index in [-0.39, 0.29) is 5.95 Å². The van der Waals surface area contributed by atoms with Crippen molar-refractivity contribution in [2.75, 3.05) is 17.7 Å². The van der Waals surface area contributed by atoms with Crippen LogP contribution in [-0.4, -0.2) is 34.2 Å². The number of halogens is 1. The van der Waals surface area contributed by atoms with Crippen molar-refractivity contribution in [1.82, 2.24) is 15.3 Å². The molecule has 0 saturated carbocycles. The number of nitrogens with one attached hydrogen (secondary N) is 2. The molecule has 0 radical (unpaired) electrons. The molecule has 0 bridgehead atoms. The zero-order chi connectivity index (χ0) is 11.8. The molecule has 0 unspecified atom stereocenters. The summed E-state index contributed by atoms with van der Waals surface area (Å²) in [7, 11) is 0. The van der Waals surface area contributed by atoms with Gasteiger partial charge in [0.05, 0.1) is 0 Å². The Morgan fingerprint density at radius 1 is 1.25 bits per heavy atom. The van der Waals surface area contributed by atoms with E-state index in [9.17, 15) is 9.59 Å². The average Bonchev–Trinajstić information content (AvgIpc) is 2.30. The van der Waals surface area contributed by atoms with Crippen molar-refractivity contribution in [1.29, 1.82) is 0 Å². The van der Waals surface area contributed by atoms with Crippen LogP contribution >= 0.6 is 11.6 Å². The van der Waals surface area contributed by atoms with Crippen molar-refractivity contribution in [3.8, 4) is 0 Å². The van der Waals surface area contributed by atoms with Crippen molar-refractivity contribution in [3.63, 3.8) is 0 Å². The maximum absolute atomic E-state index is 11.3. The van der Waals surface area contributed by atoms with Gasteiger partial charge in [-0.25, -0.2) is 9.97 Å². The number of carbonyl (C=O) groups is 2. The van der Waals surface area contributed by atoms with E-state index in [1.807, 2.05) is 0 Å². The lowest BCUT2D eigenvalue weighted by atomic mass is 10.4. The first-order chi connectivity index (χ1) is 7.74. The molecule has 0 aliphatic heterocycles. The molecule has 0 atom stereocenters. The summed E-state index contributed by atoms with van der Waals surface area (Å²) in [5.41, 5.74) is 0. The van der Waals surface area contributed by atoms with Crippen LogP contribution in [0.4, 0.5) is 5.95 Å². The third-order valence-corrected chi connectivity index (χ3v) is 1.86. The molecule has 0 fully saturated rings. The van der Waals surface area contributed by atoms with E-state index in [0.29, 0.717) is 18.8 Å². The maximum Gasteiger partial charge on any atom is 0.316 e. The number of anilines is 1. The van der Waals surface area contributed by atoms with Crippen molar-refractivity contribution in [2.24, 2.45) is 0 Å². The van der Waals surface area contributed by atoms with Crippen LogP contribution in [0, 0.1) is 0 Å². The number of carbonyl (C=O) groups excluding carboxylic acids is 2. The molecule has 1 rings (SSSR count). The predicted molar refractivity (Wildman–Crippen MR) is 59.0 cm³/mol. The molecular formula is C9H11ClN4O2. The van der Waals surface area contributed by atoms with Crippen LogP contribution in [0.1, 0.15) is 6.42 Å². The molecule has 16 heavy (non-hydrogen) atoms. The van der Waals surface area contributed by atoms with Crippen LogP contribution in [-0.2, 0) is 9.59 Å². The third kappa shape index (κ3) is 4.22. The van der Waals surface area contributed by atoms with Gasteiger partial charge in [0.15, 0.2) is 0 Å². The molecule has 0 aromatic carbocycles. The Kier molecular flexibility index (Phi) is 5.21. The lowest BCUT2D eigenvalue weighted by Gasteiger charge is -2.03. The van der Waals surface area contributed by atoms with Gasteiger partial charge in [0, 0.05) is 24.8 Å². The van der Waals surface area contributed by atoms with Crippen LogP contribution in [0.15, 0.2) is 18.5 Å². The molecule has 0 aliphatic rings. The topological polar surface area (TPSA) is 84.0 Å². The van der Waals surface area contributed by atoms with Gasteiger partial charge in [-0.15, -0.1) is 11.6 Å². The molecule has 1 aromatic heterocycles. The highest BCUT2D eigenvalue weighted by atomic mass is 35.5. The molecule has 1 aromatic rings. The van der Waals surface area contributed by atoms with Crippen LogP contribution in [0.5, 0.6) is 0 Å². The summed E-state index contributed by atoms with van der Waals surface area (Å²) in [5.74, 6) is -0.984. The molecular weight excluding hydrogens is 232 g/mol. The molecule has 2 amide bonds. The fraction of sp³-hybridized carbons (Fsp3) is 0.333. The maximum atomic E-state index is 11.3. The van der Waals surface area contributed by atoms with Crippen molar-refractivity contribution in [3.05, 3.63) is 18.5 Å². The zero-order valence-corrected chi connectivity index (χ0v) is 9.20. The van der Waals surface area contributed by atoms with E-state index in [2.05, 4.69) is 20.6 Å². The lowest BCUT2D eigenvalue weighted by molar-refractivity contribution is -0.136. The predicted octanol–water partition coefficient (Wildman–Crippen LogP) is 0.160. The van der Waals surface area contributed by atoms with Gasteiger partial charge < -0.3 is 5.32 Å². The van der Waals surface area contributed by atoms with Crippen molar-refractivity contribution < 1.29 is 9.59 Å². The van der Waals surface area contributed by atoms with Gasteiger partial charge in [0.25, 0.3) is 0 Å². The summed E-state index contributed by atoms with van der Waals surface area (Å²) in [5, 5.41) is 4.68. The van der Waals surface area contributed by atoms with Gasteiger partial charge >= 0.3 is 11.8 Å². The summed E-state index contributed by atoms with van der Waals surface area (Å²) >= 11 is 5.42. The number of alkyl halides is 1. The second-order valence-electron chi connectivity index (χ2n) is 2.82. The molecule has 0 aliphatic carbocycles. The average molecular weight is 243 g/mol. The Morgan fingerprint density at radius 3 is 2.56 bits per heavy atom. The first kappa shape index (κ1) is 12.4.